The number of nitrogens with one attached hydrogen (secondary N) is 1. The largest absolute Gasteiger partial charge is 0.462 e. The minimum absolute atomic E-state index is 0.0441. The first-order chi connectivity index (χ1) is 11.1. The smallest absolute Gasteiger partial charge is 0.275 e. The lowest BCUT2D eigenvalue weighted by Gasteiger charge is -2.07. The number of rotatable bonds is 4. The summed E-state index contributed by atoms with van der Waals surface area (Å²) >= 11 is 1.28. The second-order valence-electron chi connectivity index (χ2n) is 4.68. The van der Waals surface area contributed by atoms with Gasteiger partial charge in [0, 0.05) is 11.4 Å². The number of nitro groups is 1. The van der Waals surface area contributed by atoms with Crippen molar-refractivity contribution in [2.45, 2.75) is 6.92 Å². The maximum atomic E-state index is 12.3. The highest BCUT2D eigenvalue weighted by Gasteiger charge is 2.17. The van der Waals surface area contributed by atoms with Gasteiger partial charge in [0.25, 0.3) is 11.6 Å². The van der Waals surface area contributed by atoms with Gasteiger partial charge in [-0.15, -0.1) is 11.3 Å². The molecule has 1 amide bonds. The van der Waals surface area contributed by atoms with Gasteiger partial charge in [0.05, 0.1) is 22.4 Å². The molecule has 23 heavy (non-hydrogen) atoms. The summed E-state index contributed by atoms with van der Waals surface area (Å²) in [7, 11) is 0. The van der Waals surface area contributed by atoms with E-state index in [1.807, 2.05) is 0 Å². The number of carbonyl (C=O) groups excluding carboxylic acids is 1. The van der Waals surface area contributed by atoms with Gasteiger partial charge < -0.3 is 9.73 Å². The summed E-state index contributed by atoms with van der Waals surface area (Å²) in [5.41, 5.74) is 0.966. The Balaban J connectivity index is 1.83. The standard InChI is InChI=1S/C15H11N3O4S/c1-9-10(4-2-5-12(9)18(20)21)16-14(19)11-8-23-15(17-11)13-6-3-7-22-13/h2-8H,1H3,(H,16,19). The van der Waals surface area contributed by atoms with E-state index < -0.39 is 10.8 Å². The van der Waals surface area contributed by atoms with Crippen molar-refractivity contribution >= 4 is 28.6 Å². The molecule has 0 spiro atoms. The second kappa shape index (κ2) is 6.01. The van der Waals surface area contributed by atoms with Crippen LogP contribution in [0.5, 0.6) is 0 Å². The zero-order chi connectivity index (χ0) is 16.4. The molecule has 0 radical (unpaired) electrons. The van der Waals surface area contributed by atoms with E-state index in [4.69, 9.17) is 4.42 Å². The van der Waals surface area contributed by atoms with Gasteiger partial charge >= 0.3 is 0 Å². The molecule has 0 aliphatic heterocycles. The number of nitro benzene ring substituents is 1. The van der Waals surface area contributed by atoms with Crippen LogP contribution in [0.1, 0.15) is 16.1 Å². The van der Waals surface area contributed by atoms with Crippen molar-refractivity contribution in [1.29, 1.82) is 0 Å². The highest BCUT2D eigenvalue weighted by Crippen LogP contribution is 2.27. The summed E-state index contributed by atoms with van der Waals surface area (Å²) in [5, 5.41) is 15.8. The molecule has 0 fully saturated rings. The van der Waals surface area contributed by atoms with Gasteiger partial charge in [-0.2, -0.15) is 0 Å². The Morgan fingerprint density at radius 1 is 1.35 bits per heavy atom. The first kappa shape index (κ1) is 14.9. The molecule has 2 aromatic heterocycles. The minimum Gasteiger partial charge on any atom is -0.462 e. The van der Waals surface area contributed by atoms with Gasteiger partial charge in [-0.3, -0.25) is 14.9 Å². The van der Waals surface area contributed by atoms with E-state index in [9.17, 15) is 14.9 Å². The Morgan fingerprint density at radius 3 is 2.87 bits per heavy atom. The molecule has 8 heteroatoms. The predicted molar refractivity (Wildman–Crippen MR) is 85.6 cm³/mol. The molecule has 7 nitrogen and oxygen atoms in total. The summed E-state index contributed by atoms with van der Waals surface area (Å²) in [4.78, 5) is 26.9. The molecule has 0 aliphatic carbocycles. The van der Waals surface area contributed by atoms with Gasteiger partial charge in [-0.1, -0.05) is 6.07 Å². The van der Waals surface area contributed by atoms with Crippen LogP contribution in [-0.4, -0.2) is 15.8 Å². The van der Waals surface area contributed by atoms with E-state index in [1.165, 1.54) is 29.7 Å². The van der Waals surface area contributed by atoms with Gasteiger partial charge in [-0.05, 0) is 25.1 Å². The fourth-order valence-electron chi connectivity index (χ4n) is 2.03. The van der Waals surface area contributed by atoms with Crippen LogP contribution >= 0.6 is 11.3 Å². The molecule has 1 aromatic carbocycles. The molecule has 2 heterocycles. The lowest BCUT2D eigenvalue weighted by molar-refractivity contribution is -0.385. The number of thiazole rings is 1. The summed E-state index contributed by atoms with van der Waals surface area (Å²) in [5.74, 6) is 0.156. The highest BCUT2D eigenvalue weighted by atomic mass is 32.1. The van der Waals surface area contributed by atoms with Crippen molar-refractivity contribution in [3.8, 4) is 10.8 Å². The molecule has 3 aromatic rings. The van der Waals surface area contributed by atoms with Crippen LogP contribution in [0.25, 0.3) is 10.8 Å². The Morgan fingerprint density at radius 2 is 2.17 bits per heavy atom. The van der Waals surface area contributed by atoms with Crippen LogP contribution in [-0.2, 0) is 0 Å². The molecule has 0 saturated heterocycles. The van der Waals surface area contributed by atoms with Crippen molar-refractivity contribution < 1.29 is 14.1 Å². The average molecular weight is 329 g/mol. The van der Waals surface area contributed by atoms with Gasteiger partial charge in [0.15, 0.2) is 10.8 Å². The SMILES string of the molecule is Cc1c(NC(=O)c2csc(-c3ccco3)n2)cccc1[N+](=O)[O-]. The lowest BCUT2D eigenvalue weighted by atomic mass is 10.1. The summed E-state index contributed by atoms with van der Waals surface area (Å²) in [6.45, 7) is 1.59. The van der Waals surface area contributed by atoms with Crippen LogP contribution in [0.2, 0.25) is 0 Å². The molecule has 0 unspecified atom stereocenters. The molecule has 0 bridgehead atoms. The van der Waals surface area contributed by atoms with Crippen molar-refractivity contribution in [3.05, 3.63) is 63.3 Å². The van der Waals surface area contributed by atoms with Crippen LogP contribution in [0.3, 0.4) is 0 Å². The molecule has 0 aliphatic rings. The maximum Gasteiger partial charge on any atom is 0.275 e. The number of anilines is 1. The predicted octanol–water partition coefficient (Wildman–Crippen LogP) is 3.87. The second-order valence-corrected chi connectivity index (χ2v) is 5.53. The third-order valence-electron chi connectivity index (χ3n) is 3.22. The molecular weight excluding hydrogens is 318 g/mol. The Labute approximate surface area is 134 Å². The molecule has 0 saturated carbocycles. The van der Waals surface area contributed by atoms with Gasteiger partial charge in [-0.25, -0.2) is 4.98 Å². The summed E-state index contributed by atoms with van der Waals surface area (Å²) in [6, 6.07) is 8.02. The molecule has 1 N–H and O–H groups in total. The number of furan rings is 1. The van der Waals surface area contributed by atoms with Crippen LogP contribution in [0, 0.1) is 17.0 Å². The number of aromatic nitrogens is 1. The van der Waals surface area contributed by atoms with E-state index in [-0.39, 0.29) is 11.4 Å². The number of carbonyl (C=O) groups is 1. The monoisotopic (exact) mass is 329 g/mol. The fourth-order valence-corrected chi connectivity index (χ4v) is 2.80. The molecule has 3 rings (SSSR count). The highest BCUT2D eigenvalue weighted by molar-refractivity contribution is 7.13. The molecule has 116 valence electrons. The number of benzene rings is 1. The molecule has 0 atom stereocenters. The summed E-state index contributed by atoms with van der Waals surface area (Å²) in [6.07, 6.45) is 1.53. The van der Waals surface area contributed by atoms with Crippen molar-refractivity contribution in [3.63, 3.8) is 0 Å². The van der Waals surface area contributed by atoms with Crippen LogP contribution in [0.4, 0.5) is 11.4 Å². The van der Waals surface area contributed by atoms with E-state index in [1.54, 1.807) is 30.5 Å². The first-order valence-electron chi connectivity index (χ1n) is 6.61. The molecular formula is C15H11N3O4S. The van der Waals surface area contributed by atoms with Crippen LogP contribution < -0.4 is 5.32 Å². The average Bonchev–Trinajstić information content (AvgIpc) is 3.19. The Kier molecular flexibility index (Phi) is 3.90. The zero-order valence-electron chi connectivity index (χ0n) is 12.0. The van der Waals surface area contributed by atoms with E-state index >= 15 is 0 Å². The van der Waals surface area contributed by atoms with Crippen molar-refractivity contribution in [2.75, 3.05) is 5.32 Å². The lowest BCUT2D eigenvalue weighted by Crippen LogP contribution is -2.13. The first-order valence-corrected chi connectivity index (χ1v) is 7.49. The summed E-state index contributed by atoms with van der Waals surface area (Å²) < 4.78 is 5.23. The van der Waals surface area contributed by atoms with Gasteiger partial charge in [0.2, 0.25) is 0 Å². The van der Waals surface area contributed by atoms with Gasteiger partial charge in [0.1, 0.15) is 5.69 Å². The Bertz CT molecular complexity index is 871. The van der Waals surface area contributed by atoms with E-state index in [0.29, 0.717) is 22.0 Å². The zero-order valence-corrected chi connectivity index (χ0v) is 12.8. The third-order valence-corrected chi connectivity index (χ3v) is 4.08. The fraction of sp³-hybridized carbons (Fsp3) is 0.0667. The number of nitrogens with zero attached hydrogens (tertiary/aromatic N) is 2. The van der Waals surface area contributed by atoms with Crippen LogP contribution in [0.15, 0.2) is 46.4 Å². The number of amides is 1. The number of hydrogen-bond donors (Lipinski definition) is 1. The minimum atomic E-state index is -0.483. The van der Waals surface area contributed by atoms with E-state index in [0.717, 1.165) is 0 Å². The quantitative estimate of drug-likeness (QED) is 0.578. The number of hydrogen-bond acceptors (Lipinski definition) is 6. The van der Waals surface area contributed by atoms with Crippen molar-refractivity contribution in [1.82, 2.24) is 4.98 Å². The third kappa shape index (κ3) is 2.97. The van der Waals surface area contributed by atoms with Crippen molar-refractivity contribution in [2.24, 2.45) is 0 Å². The van der Waals surface area contributed by atoms with E-state index in [2.05, 4.69) is 10.3 Å². The topological polar surface area (TPSA) is 98.3 Å². The normalized spacial score (nSPS) is 10.5. The Hall–Kier alpha value is -3.00. The maximum absolute atomic E-state index is 12.3.